The van der Waals surface area contributed by atoms with Gasteiger partial charge >= 0.3 is 0 Å². The van der Waals surface area contributed by atoms with E-state index in [0.717, 1.165) is 6.42 Å². The summed E-state index contributed by atoms with van der Waals surface area (Å²) in [6, 6.07) is 0.292. The molecule has 0 radical (unpaired) electrons. The highest BCUT2D eigenvalue weighted by atomic mass is 14.7. The third kappa shape index (κ3) is 2.99. The SMILES string of the molecule is CC(C)[C@H](N)CCN. The van der Waals surface area contributed by atoms with Gasteiger partial charge in [0.15, 0.2) is 0 Å². The molecule has 50 valence electrons. The average molecular weight is 116 g/mol. The van der Waals surface area contributed by atoms with Gasteiger partial charge in [0.2, 0.25) is 0 Å². The Hall–Kier alpha value is -0.0800. The van der Waals surface area contributed by atoms with Crippen LogP contribution >= 0.6 is 0 Å². The van der Waals surface area contributed by atoms with Crippen LogP contribution in [0, 0.1) is 5.92 Å². The van der Waals surface area contributed by atoms with Crippen molar-refractivity contribution in [2.24, 2.45) is 17.4 Å². The molecular formula is C6H16N2. The lowest BCUT2D eigenvalue weighted by Gasteiger charge is -2.12. The van der Waals surface area contributed by atoms with E-state index >= 15 is 0 Å². The smallest absolute Gasteiger partial charge is 0.00738 e. The standard InChI is InChI=1S/C6H16N2/c1-5(2)6(8)3-4-7/h5-6H,3-4,7-8H2,1-2H3/t6-/m1/s1. The molecule has 4 N–H and O–H groups in total. The first-order chi connectivity index (χ1) is 3.68. The highest BCUT2D eigenvalue weighted by Gasteiger charge is 2.03. The fourth-order valence-electron chi connectivity index (χ4n) is 0.526. The summed E-state index contributed by atoms with van der Waals surface area (Å²) in [6.07, 6.45) is 0.942. The first-order valence-electron chi connectivity index (χ1n) is 3.14. The molecule has 8 heavy (non-hydrogen) atoms. The lowest BCUT2D eigenvalue weighted by atomic mass is 10.0. The van der Waals surface area contributed by atoms with Gasteiger partial charge in [-0.05, 0) is 18.9 Å². The first-order valence-corrected chi connectivity index (χ1v) is 3.14. The molecule has 0 aliphatic carbocycles. The molecule has 1 atom stereocenters. The summed E-state index contributed by atoms with van der Waals surface area (Å²) < 4.78 is 0. The molecule has 2 nitrogen and oxygen atoms in total. The molecule has 0 aliphatic heterocycles. The van der Waals surface area contributed by atoms with Crippen LogP contribution in [-0.4, -0.2) is 12.6 Å². The van der Waals surface area contributed by atoms with Crippen molar-refractivity contribution in [3.05, 3.63) is 0 Å². The predicted octanol–water partition coefficient (Wildman–Crippen LogP) is 0.318. The van der Waals surface area contributed by atoms with E-state index in [0.29, 0.717) is 18.5 Å². The minimum absolute atomic E-state index is 0.292. The van der Waals surface area contributed by atoms with Crippen LogP contribution in [0.15, 0.2) is 0 Å². The van der Waals surface area contributed by atoms with E-state index in [4.69, 9.17) is 11.5 Å². The summed E-state index contributed by atoms with van der Waals surface area (Å²) in [7, 11) is 0. The molecule has 0 aromatic heterocycles. The number of rotatable bonds is 3. The van der Waals surface area contributed by atoms with Crippen molar-refractivity contribution in [2.75, 3.05) is 6.54 Å². The maximum absolute atomic E-state index is 5.65. The molecular weight excluding hydrogens is 100 g/mol. The molecule has 0 aromatic carbocycles. The Labute approximate surface area is 51.2 Å². The maximum Gasteiger partial charge on any atom is 0.00738 e. The van der Waals surface area contributed by atoms with E-state index in [9.17, 15) is 0 Å². The maximum atomic E-state index is 5.65. The Bertz CT molecular complexity index is 52.5. The predicted molar refractivity (Wildman–Crippen MR) is 36.5 cm³/mol. The number of nitrogens with two attached hydrogens (primary N) is 2. The highest BCUT2D eigenvalue weighted by molar-refractivity contribution is 4.64. The molecule has 2 heteroatoms. The van der Waals surface area contributed by atoms with Crippen molar-refractivity contribution in [1.29, 1.82) is 0 Å². The zero-order chi connectivity index (χ0) is 6.57. The van der Waals surface area contributed by atoms with Gasteiger partial charge < -0.3 is 11.5 Å². The summed E-state index contributed by atoms with van der Waals surface area (Å²) in [5.74, 6) is 0.568. The van der Waals surface area contributed by atoms with Gasteiger partial charge in [-0.3, -0.25) is 0 Å². The van der Waals surface area contributed by atoms with Crippen molar-refractivity contribution >= 4 is 0 Å². The van der Waals surface area contributed by atoms with E-state index in [1.165, 1.54) is 0 Å². The summed E-state index contributed by atoms with van der Waals surface area (Å²) in [4.78, 5) is 0. The molecule has 0 saturated carbocycles. The second-order valence-electron chi connectivity index (χ2n) is 2.49. The molecule has 0 unspecified atom stereocenters. The Balaban J connectivity index is 3.17. The van der Waals surface area contributed by atoms with Crippen LogP contribution in [0.25, 0.3) is 0 Å². The normalized spacial score (nSPS) is 14.6. The molecule has 0 aromatic rings. The lowest BCUT2D eigenvalue weighted by Crippen LogP contribution is -2.28. The molecule has 0 fully saturated rings. The molecule has 0 amide bonds. The van der Waals surface area contributed by atoms with Crippen LogP contribution in [-0.2, 0) is 0 Å². The number of hydrogen-bond donors (Lipinski definition) is 2. The van der Waals surface area contributed by atoms with Crippen LogP contribution in [0.5, 0.6) is 0 Å². The minimum atomic E-state index is 0.292. The third-order valence-corrected chi connectivity index (χ3v) is 1.36. The van der Waals surface area contributed by atoms with Crippen LogP contribution in [0.3, 0.4) is 0 Å². The largest absolute Gasteiger partial charge is 0.330 e. The second-order valence-corrected chi connectivity index (χ2v) is 2.49. The first kappa shape index (κ1) is 7.92. The van der Waals surface area contributed by atoms with Gasteiger partial charge in [0.05, 0.1) is 0 Å². The third-order valence-electron chi connectivity index (χ3n) is 1.36. The monoisotopic (exact) mass is 116 g/mol. The summed E-state index contributed by atoms with van der Waals surface area (Å²) in [5.41, 5.74) is 10.9. The molecule has 0 heterocycles. The summed E-state index contributed by atoms with van der Waals surface area (Å²) in [5, 5.41) is 0. The van der Waals surface area contributed by atoms with Gasteiger partial charge in [0.25, 0.3) is 0 Å². The van der Waals surface area contributed by atoms with Gasteiger partial charge in [-0.2, -0.15) is 0 Å². The van der Waals surface area contributed by atoms with Crippen LogP contribution < -0.4 is 11.5 Å². The van der Waals surface area contributed by atoms with E-state index in [1.54, 1.807) is 0 Å². The van der Waals surface area contributed by atoms with Crippen molar-refractivity contribution in [3.63, 3.8) is 0 Å². The Kier molecular flexibility index (Phi) is 3.83. The van der Waals surface area contributed by atoms with Crippen LogP contribution in [0.1, 0.15) is 20.3 Å². The highest BCUT2D eigenvalue weighted by Crippen LogP contribution is 1.99. The molecule has 0 aliphatic rings. The van der Waals surface area contributed by atoms with Crippen molar-refractivity contribution < 1.29 is 0 Å². The Morgan fingerprint density at radius 2 is 1.88 bits per heavy atom. The Morgan fingerprint density at radius 3 is 2.00 bits per heavy atom. The topological polar surface area (TPSA) is 52.0 Å². The van der Waals surface area contributed by atoms with Gasteiger partial charge in [-0.25, -0.2) is 0 Å². The molecule has 0 saturated heterocycles. The Morgan fingerprint density at radius 1 is 1.38 bits per heavy atom. The minimum Gasteiger partial charge on any atom is -0.330 e. The molecule has 0 rings (SSSR count). The average Bonchev–Trinajstić information content (AvgIpc) is 1.67. The van der Waals surface area contributed by atoms with E-state index in [-0.39, 0.29) is 0 Å². The number of hydrogen-bond acceptors (Lipinski definition) is 2. The van der Waals surface area contributed by atoms with E-state index in [1.807, 2.05) is 0 Å². The zero-order valence-corrected chi connectivity index (χ0v) is 5.72. The van der Waals surface area contributed by atoms with Crippen molar-refractivity contribution in [3.8, 4) is 0 Å². The van der Waals surface area contributed by atoms with Gasteiger partial charge in [-0.1, -0.05) is 13.8 Å². The van der Waals surface area contributed by atoms with E-state index < -0.39 is 0 Å². The van der Waals surface area contributed by atoms with E-state index in [2.05, 4.69) is 13.8 Å². The fourth-order valence-corrected chi connectivity index (χ4v) is 0.526. The lowest BCUT2D eigenvalue weighted by molar-refractivity contribution is 0.469. The van der Waals surface area contributed by atoms with Crippen LogP contribution in [0.4, 0.5) is 0 Å². The summed E-state index contributed by atoms with van der Waals surface area (Å²) >= 11 is 0. The van der Waals surface area contributed by atoms with Crippen molar-refractivity contribution in [1.82, 2.24) is 0 Å². The van der Waals surface area contributed by atoms with Gasteiger partial charge in [0, 0.05) is 6.04 Å². The quantitative estimate of drug-likeness (QED) is 0.558. The van der Waals surface area contributed by atoms with Crippen molar-refractivity contribution in [2.45, 2.75) is 26.3 Å². The zero-order valence-electron chi connectivity index (χ0n) is 5.72. The summed E-state index contributed by atoms with van der Waals surface area (Å²) in [6.45, 7) is 4.93. The molecule has 0 spiro atoms. The van der Waals surface area contributed by atoms with Gasteiger partial charge in [0.1, 0.15) is 0 Å². The molecule has 0 bridgehead atoms. The second kappa shape index (κ2) is 3.87. The van der Waals surface area contributed by atoms with Gasteiger partial charge in [-0.15, -0.1) is 0 Å². The van der Waals surface area contributed by atoms with Crippen LogP contribution in [0.2, 0.25) is 0 Å². The fraction of sp³-hybridized carbons (Fsp3) is 1.00.